The molecule has 0 fully saturated rings. The third kappa shape index (κ3) is 3.45. The summed E-state index contributed by atoms with van der Waals surface area (Å²) in [5.41, 5.74) is 8.40. The second kappa shape index (κ2) is 9.09. The van der Waals surface area contributed by atoms with Crippen molar-refractivity contribution in [2.75, 3.05) is 0 Å². The molecule has 206 valence electrons. The summed E-state index contributed by atoms with van der Waals surface area (Å²) < 4.78 is 40.9. The van der Waals surface area contributed by atoms with E-state index in [9.17, 15) is 0 Å². The lowest BCUT2D eigenvalue weighted by atomic mass is 9.89. The fraction of sp³-hybridized carbons (Fsp3) is 0.184. The number of furan rings is 2. The Hall–Kier alpha value is -4.83. The monoisotopic (exact) mass is 551 g/mol. The summed E-state index contributed by atoms with van der Waals surface area (Å²) in [6.07, 6.45) is 0. The summed E-state index contributed by atoms with van der Waals surface area (Å²) in [5, 5.41) is 4.13. The molecule has 0 amide bonds. The number of hydrogen-bond donors (Lipinski definition) is 0. The van der Waals surface area contributed by atoms with Crippen molar-refractivity contribution in [3.8, 4) is 17.1 Å². The zero-order valence-electron chi connectivity index (χ0n) is 27.0. The Morgan fingerprint density at radius 2 is 1.36 bits per heavy atom. The topological polar surface area (TPSA) is 44.1 Å². The summed E-state index contributed by atoms with van der Waals surface area (Å²) in [6, 6.07) is 29.8. The Morgan fingerprint density at radius 3 is 2.07 bits per heavy atom. The Balaban J connectivity index is 1.60. The fourth-order valence-corrected chi connectivity index (χ4v) is 6.57. The van der Waals surface area contributed by atoms with Gasteiger partial charge in [-0.1, -0.05) is 88.4 Å². The van der Waals surface area contributed by atoms with Crippen molar-refractivity contribution >= 4 is 54.9 Å². The van der Waals surface area contributed by atoms with Gasteiger partial charge in [-0.15, -0.1) is 0 Å². The number of rotatable bonds is 4. The molecule has 0 atom stereocenters. The maximum absolute atomic E-state index is 8.57. The van der Waals surface area contributed by atoms with E-state index in [1.807, 2.05) is 54.6 Å². The van der Waals surface area contributed by atoms with Gasteiger partial charge in [0.25, 0.3) is 0 Å². The van der Waals surface area contributed by atoms with Gasteiger partial charge in [0, 0.05) is 31.2 Å². The molecular weight excluding hydrogens is 516 g/mol. The molecule has 8 aromatic rings. The minimum Gasteiger partial charge on any atom is -0.456 e. The van der Waals surface area contributed by atoms with Crippen LogP contribution < -0.4 is 0 Å². The first-order valence-corrected chi connectivity index (χ1v) is 14.5. The van der Waals surface area contributed by atoms with Crippen LogP contribution in [0.25, 0.3) is 72.0 Å². The van der Waals surface area contributed by atoms with Gasteiger partial charge >= 0.3 is 0 Å². The number of aromatic nitrogens is 2. The summed E-state index contributed by atoms with van der Waals surface area (Å²) in [4.78, 5) is 5.20. The zero-order chi connectivity index (χ0) is 31.2. The average molecular weight is 552 g/mol. The van der Waals surface area contributed by atoms with Gasteiger partial charge in [-0.25, -0.2) is 4.98 Å². The number of benzene rings is 5. The normalized spacial score (nSPS) is 13.7. The smallest absolute Gasteiger partial charge is 0.149 e. The summed E-state index contributed by atoms with van der Waals surface area (Å²) in [6.45, 7) is 6.33. The van der Waals surface area contributed by atoms with Gasteiger partial charge in [0.15, 0.2) is 0 Å². The molecule has 0 bridgehead atoms. The van der Waals surface area contributed by atoms with E-state index >= 15 is 0 Å². The third-order valence-electron chi connectivity index (χ3n) is 8.45. The van der Waals surface area contributed by atoms with E-state index in [0.29, 0.717) is 22.4 Å². The first-order chi connectivity index (χ1) is 21.6. The molecular formula is C38H32N2O2. The van der Waals surface area contributed by atoms with E-state index in [2.05, 4.69) is 56.5 Å². The van der Waals surface area contributed by atoms with Crippen LogP contribution in [0.3, 0.4) is 0 Å². The van der Waals surface area contributed by atoms with Crippen LogP contribution in [0.1, 0.15) is 60.3 Å². The molecule has 3 aromatic heterocycles. The van der Waals surface area contributed by atoms with Crippen molar-refractivity contribution < 1.29 is 12.9 Å². The predicted octanol–water partition coefficient (Wildman–Crippen LogP) is 11.0. The highest BCUT2D eigenvalue weighted by atomic mass is 16.3. The van der Waals surface area contributed by atoms with Gasteiger partial charge in [-0.05, 0) is 60.1 Å². The molecule has 8 rings (SSSR count). The van der Waals surface area contributed by atoms with Crippen molar-refractivity contribution in [3.05, 3.63) is 108 Å². The Labute approximate surface area is 248 Å². The van der Waals surface area contributed by atoms with Gasteiger partial charge < -0.3 is 8.83 Å². The van der Waals surface area contributed by atoms with Crippen LogP contribution in [0.5, 0.6) is 0 Å². The molecule has 0 radical (unpaired) electrons. The van der Waals surface area contributed by atoms with Gasteiger partial charge in [-0.2, -0.15) is 0 Å². The van der Waals surface area contributed by atoms with Gasteiger partial charge in [-0.3, -0.25) is 4.57 Å². The summed E-state index contributed by atoms with van der Waals surface area (Å²) in [7, 11) is 0. The number of imidazole rings is 1. The van der Waals surface area contributed by atoms with E-state index in [0.717, 1.165) is 60.7 Å². The van der Waals surface area contributed by atoms with Crippen molar-refractivity contribution in [2.45, 2.75) is 46.4 Å². The minimum atomic E-state index is -2.36. The SMILES string of the molecule is [2H]C([2H])([2H])c1cccc2nc(-c3cccc4c3oc3ccccc34)n(-c3c(C(C)C)cc4c(oc5ccccc54)c3C(C)C)c12. The van der Waals surface area contributed by atoms with Gasteiger partial charge in [0.05, 0.1) is 22.3 Å². The molecule has 0 N–H and O–H groups in total. The lowest BCUT2D eigenvalue weighted by Gasteiger charge is -2.23. The van der Waals surface area contributed by atoms with Crippen LogP contribution in [-0.2, 0) is 0 Å². The molecule has 3 heterocycles. The van der Waals surface area contributed by atoms with Crippen molar-refractivity contribution in [1.29, 1.82) is 0 Å². The summed E-state index contributed by atoms with van der Waals surface area (Å²) in [5.74, 6) is 0.794. The van der Waals surface area contributed by atoms with Crippen LogP contribution in [0.15, 0.2) is 99.8 Å². The number of para-hydroxylation sites is 4. The highest BCUT2D eigenvalue weighted by Crippen LogP contribution is 2.45. The Bertz CT molecular complexity index is 2440. The number of fused-ring (bicyclic) bond motifs is 7. The molecule has 0 unspecified atom stereocenters. The molecule has 0 aliphatic heterocycles. The maximum atomic E-state index is 8.57. The Kier molecular flexibility index (Phi) is 4.73. The van der Waals surface area contributed by atoms with Crippen molar-refractivity contribution in [3.63, 3.8) is 0 Å². The quantitative estimate of drug-likeness (QED) is 0.218. The standard InChI is InChI=1S/C38H32N2O2/c1-21(2)28-20-29-25-14-7-9-19-32(25)42-37(29)33(22(3)4)35(28)40-34-23(5)12-10-17-30(34)39-38(40)27-16-11-15-26-24-13-6-8-18-31(24)41-36(26)27/h6-22H,1-5H3/i5D3. The zero-order valence-corrected chi connectivity index (χ0v) is 24.0. The van der Waals surface area contributed by atoms with Crippen molar-refractivity contribution in [1.82, 2.24) is 9.55 Å². The van der Waals surface area contributed by atoms with E-state index in [-0.39, 0.29) is 17.4 Å². The van der Waals surface area contributed by atoms with Crippen molar-refractivity contribution in [2.24, 2.45) is 0 Å². The lowest BCUT2D eigenvalue weighted by Crippen LogP contribution is -2.09. The third-order valence-corrected chi connectivity index (χ3v) is 8.45. The molecule has 0 saturated heterocycles. The molecule has 5 aromatic carbocycles. The largest absolute Gasteiger partial charge is 0.456 e. The predicted molar refractivity (Wildman–Crippen MR) is 174 cm³/mol. The number of nitrogens with zero attached hydrogens (tertiary/aromatic N) is 2. The fourth-order valence-electron chi connectivity index (χ4n) is 6.57. The van der Waals surface area contributed by atoms with Gasteiger partial charge in [0.1, 0.15) is 28.2 Å². The molecule has 4 heteroatoms. The summed E-state index contributed by atoms with van der Waals surface area (Å²) >= 11 is 0. The van der Waals surface area contributed by atoms with Gasteiger partial charge in [0.2, 0.25) is 0 Å². The second-order valence-electron chi connectivity index (χ2n) is 11.7. The molecule has 0 aliphatic rings. The van der Waals surface area contributed by atoms with E-state index in [4.69, 9.17) is 17.9 Å². The highest BCUT2D eigenvalue weighted by Gasteiger charge is 2.28. The average Bonchev–Trinajstić information content (AvgIpc) is 3.70. The first-order valence-electron chi connectivity index (χ1n) is 16.0. The second-order valence-corrected chi connectivity index (χ2v) is 11.7. The van der Waals surface area contributed by atoms with Crippen LogP contribution in [0.4, 0.5) is 0 Å². The number of hydrogen-bond acceptors (Lipinski definition) is 3. The minimum absolute atomic E-state index is 0.0500. The molecule has 42 heavy (non-hydrogen) atoms. The molecule has 0 aliphatic carbocycles. The van der Waals surface area contributed by atoms with Crippen LogP contribution in [0, 0.1) is 6.85 Å². The van der Waals surface area contributed by atoms with Crippen LogP contribution >= 0.6 is 0 Å². The molecule has 4 nitrogen and oxygen atoms in total. The van der Waals surface area contributed by atoms with E-state index < -0.39 is 6.85 Å². The molecule has 0 saturated carbocycles. The number of aryl methyl sites for hydroxylation is 1. The highest BCUT2D eigenvalue weighted by molar-refractivity contribution is 6.10. The van der Waals surface area contributed by atoms with E-state index in [1.165, 1.54) is 0 Å². The maximum Gasteiger partial charge on any atom is 0.149 e. The lowest BCUT2D eigenvalue weighted by molar-refractivity contribution is 0.654. The van der Waals surface area contributed by atoms with Crippen LogP contribution in [0.2, 0.25) is 0 Å². The Morgan fingerprint density at radius 1 is 0.690 bits per heavy atom. The van der Waals surface area contributed by atoms with E-state index in [1.54, 1.807) is 12.1 Å². The molecule has 0 spiro atoms. The van der Waals surface area contributed by atoms with Crippen LogP contribution in [-0.4, -0.2) is 9.55 Å². The first kappa shape index (κ1) is 21.9.